The SMILES string of the molecule is Fc1ccc2[nH]c3c(c2c1)C(=NNCC1=NCCN1)CC(c1ccccc1)C3. The second kappa shape index (κ2) is 7.11. The van der Waals surface area contributed by atoms with Crippen LogP contribution in [-0.4, -0.2) is 36.2 Å². The van der Waals surface area contributed by atoms with E-state index in [2.05, 4.69) is 45.0 Å². The van der Waals surface area contributed by atoms with Gasteiger partial charge in [0.15, 0.2) is 0 Å². The molecule has 0 bridgehead atoms. The zero-order valence-electron chi connectivity index (χ0n) is 15.5. The number of hydrogen-bond acceptors (Lipinski definition) is 4. The monoisotopic (exact) mass is 375 g/mol. The minimum atomic E-state index is -0.226. The number of nitrogens with one attached hydrogen (secondary N) is 3. The summed E-state index contributed by atoms with van der Waals surface area (Å²) >= 11 is 0. The summed E-state index contributed by atoms with van der Waals surface area (Å²) in [6.45, 7) is 2.27. The average Bonchev–Trinajstić information content (AvgIpc) is 3.36. The van der Waals surface area contributed by atoms with Crippen molar-refractivity contribution in [2.75, 3.05) is 19.6 Å². The van der Waals surface area contributed by atoms with E-state index in [1.165, 1.54) is 11.6 Å². The van der Waals surface area contributed by atoms with Crippen molar-refractivity contribution in [1.29, 1.82) is 0 Å². The molecule has 0 saturated carbocycles. The summed E-state index contributed by atoms with van der Waals surface area (Å²) in [4.78, 5) is 7.89. The smallest absolute Gasteiger partial charge is 0.123 e. The lowest BCUT2D eigenvalue weighted by Gasteiger charge is -2.24. The van der Waals surface area contributed by atoms with E-state index in [1.807, 2.05) is 12.1 Å². The summed E-state index contributed by atoms with van der Waals surface area (Å²) in [5.41, 5.74) is 8.54. The van der Waals surface area contributed by atoms with Gasteiger partial charge in [0.1, 0.15) is 11.7 Å². The molecule has 0 radical (unpaired) electrons. The molecule has 0 fully saturated rings. The third-order valence-corrected chi connectivity index (χ3v) is 5.49. The molecule has 1 aliphatic heterocycles. The van der Waals surface area contributed by atoms with E-state index in [-0.39, 0.29) is 5.82 Å². The Balaban J connectivity index is 1.53. The Kier molecular flexibility index (Phi) is 4.31. The maximum absolute atomic E-state index is 13.9. The van der Waals surface area contributed by atoms with Crippen LogP contribution in [0.1, 0.15) is 29.2 Å². The average molecular weight is 375 g/mol. The number of nitrogens with zero attached hydrogens (tertiary/aromatic N) is 2. The second-order valence-corrected chi connectivity index (χ2v) is 7.33. The molecule has 1 aromatic heterocycles. The third kappa shape index (κ3) is 3.15. The first-order valence-electron chi connectivity index (χ1n) is 9.70. The normalized spacial score (nSPS) is 20.1. The van der Waals surface area contributed by atoms with Crippen LogP contribution in [0.3, 0.4) is 0 Å². The van der Waals surface area contributed by atoms with Gasteiger partial charge in [-0.25, -0.2) is 4.39 Å². The quantitative estimate of drug-likeness (QED) is 0.613. The first-order valence-corrected chi connectivity index (χ1v) is 9.70. The molecular weight excluding hydrogens is 353 g/mol. The molecule has 5 rings (SSSR count). The number of halogens is 1. The van der Waals surface area contributed by atoms with Gasteiger partial charge in [0, 0.05) is 28.7 Å². The summed E-state index contributed by atoms with van der Waals surface area (Å²) in [7, 11) is 0. The van der Waals surface area contributed by atoms with E-state index in [0.29, 0.717) is 12.5 Å². The molecule has 28 heavy (non-hydrogen) atoms. The molecule has 0 saturated heterocycles. The molecule has 3 N–H and O–H groups in total. The van der Waals surface area contributed by atoms with E-state index in [1.54, 1.807) is 6.07 Å². The molecule has 5 nitrogen and oxygen atoms in total. The molecule has 1 atom stereocenters. The van der Waals surface area contributed by atoms with Crippen molar-refractivity contribution in [2.45, 2.75) is 18.8 Å². The number of aliphatic imine (C=N–C) groups is 1. The zero-order chi connectivity index (χ0) is 18.9. The fourth-order valence-corrected chi connectivity index (χ4v) is 4.19. The largest absolute Gasteiger partial charge is 0.370 e. The Hall–Kier alpha value is -3.15. The molecule has 0 spiro atoms. The van der Waals surface area contributed by atoms with Gasteiger partial charge in [-0.05, 0) is 42.5 Å². The summed E-state index contributed by atoms with van der Waals surface area (Å²) in [5.74, 6) is 1.05. The van der Waals surface area contributed by atoms with Crippen molar-refractivity contribution in [3.05, 3.63) is 71.2 Å². The molecule has 1 unspecified atom stereocenters. The number of H-pyrrole nitrogens is 1. The van der Waals surface area contributed by atoms with Crippen molar-refractivity contribution in [2.24, 2.45) is 10.1 Å². The molecule has 2 heterocycles. The summed E-state index contributed by atoms with van der Waals surface area (Å²) in [5, 5.41) is 8.86. The van der Waals surface area contributed by atoms with Gasteiger partial charge in [0.25, 0.3) is 0 Å². The molecule has 6 heteroatoms. The Morgan fingerprint density at radius 2 is 2.04 bits per heavy atom. The van der Waals surface area contributed by atoms with E-state index in [0.717, 1.165) is 59.6 Å². The molecule has 3 aromatic rings. The number of rotatable bonds is 4. The lowest BCUT2D eigenvalue weighted by Crippen LogP contribution is -2.30. The van der Waals surface area contributed by atoms with Crippen molar-refractivity contribution in [3.63, 3.8) is 0 Å². The number of hydrazone groups is 1. The second-order valence-electron chi connectivity index (χ2n) is 7.33. The highest BCUT2D eigenvalue weighted by Gasteiger charge is 2.28. The molecular formula is C22H22FN5. The van der Waals surface area contributed by atoms with E-state index < -0.39 is 0 Å². The van der Waals surface area contributed by atoms with Gasteiger partial charge >= 0.3 is 0 Å². The predicted molar refractivity (Wildman–Crippen MR) is 111 cm³/mol. The van der Waals surface area contributed by atoms with Gasteiger partial charge < -0.3 is 15.7 Å². The minimum absolute atomic E-state index is 0.226. The fourth-order valence-electron chi connectivity index (χ4n) is 4.19. The summed E-state index contributed by atoms with van der Waals surface area (Å²) in [6.07, 6.45) is 1.70. The van der Waals surface area contributed by atoms with Crippen LogP contribution in [0.5, 0.6) is 0 Å². The van der Waals surface area contributed by atoms with Gasteiger partial charge in [-0.1, -0.05) is 30.3 Å². The van der Waals surface area contributed by atoms with E-state index in [4.69, 9.17) is 5.10 Å². The van der Waals surface area contributed by atoms with E-state index >= 15 is 0 Å². The van der Waals surface area contributed by atoms with Crippen LogP contribution in [0.25, 0.3) is 10.9 Å². The Morgan fingerprint density at radius 3 is 2.86 bits per heavy atom. The molecule has 2 aliphatic rings. The number of aromatic nitrogens is 1. The highest BCUT2D eigenvalue weighted by atomic mass is 19.1. The molecule has 1 aliphatic carbocycles. The molecule has 2 aromatic carbocycles. The van der Waals surface area contributed by atoms with Gasteiger partial charge in [-0.15, -0.1) is 0 Å². The van der Waals surface area contributed by atoms with Crippen LogP contribution in [-0.2, 0) is 6.42 Å². The van der Waals surface area contributed by atoms with Crippen LogP contribution in [0.4, 0.5) is 4.39 Å². The first-order chi connectivity index (χ1) is 13.8. The van der Waals surface area contributed by atoms with Crippen molar-refractivity contribution in [1.82, 2.24) is 15.7 Å². The lowest BCUT2D eigenvalue weighted by atomic mass is 9.81. The summed E-state index contributed by atoms with van der Waals surface area (Å²) in [6, 6.07) is 15.4. The number of fused-ring (bicyclic) bond motifs is 3. The van der Waals surface area contributed by atoms with Crippen LogP contribution in [0.15, 0.2) is 58.6 Å². The number of benzene rings is 2. The highest BCUT2D eigenvalue weighted by molar-refractivity contribution is 6.13. The van der Waals surface area contributed by atoms with Crippen molar-refractivity contribution in [3.8, 4) is 0 Å². The molecule has 142 valence electrons. The number of hydrogen-bond donors (Lipinski definition) is 3. The Bertz CT molecular complexity index is 1070. The van der Waals surface area contributed by atoms with Gasteiger partial charge in [-0.2, -0.15) is 5.10 Å². The fraction of sp³-hybridized carbons (Fsp3) is 0.273. The van der Waals surface area contributed by atoms with Crippen molar-refractivity contribution >= 4 is 22.5 Å². The van der Waals surface area contributed by atoms with Crippen LogP contribution in [0, 0.1) is 5.82 Å². The molecule has 0 amide bonds. The Morgan fingerprint density at radius 1 is 1.14 bits per heavy atom. The number of amidine groups is 1. The van der Waals surface area contributed by atoms with Crippen LogP contribution in [0.2, 0.25) is 0 Å². The van der Waals surface area contributed by atoms with Crippen molar-refractivity contribution < 1.29 is 4.39 Å². The van der Waals surface area contributed by atoms with Gasteiger partial charge in [-0.3, -0.25) is 4.99 Å². The Labute approximate surface area is 162 Å². The first kappa shape index (κ1) is 17.0. The predicted octanol–water partition coefficient (Wildman–Crippen LogP) is 3.33. The lowest BCUT2D eigenvalue weighted by molar-refractivity contribution is 0.629. The number of aromatic amines is 1. The van der Waals surface area contributed by atoms with Gasteiger partial charge in [0.2, 0.25) is 0 Å². The van der Waals surface area contributed by atoms with Gasteiger partial charge in [0.05, 0.1) is 18.8 Å². The van der Waals surface area contributed by atoms with Crippen LogP contribution < -0.4 is 10.7 Å². The minimum Gasteiger partial charge on any atom is -0.370 e. The topological polar surface area (TPSA) is 64.6 Å². The van der Waals surface area contributed by atoms with Crippen LogP contribution >= 0.6 is 0 Å². The van der Waals surface area contributed by atoms with E-state index in [9.17, 15) is 4.39 Å². The maximum Gasteiger partial charge on any atom is 0.123 e. The highest BCUT2D eigenvalue weighted by Crippen LogP contribution is 2.36. The summed E-state index contributed by atoms with van der Waals surface area (Å²) < 4.78 is 13.9. The maximum atomic E-state index is 13.9. The zero-order valence-corrected chi connectivity index (χ0v) is 15.5. The third-order valence-electron chi connectivity index (χ3n) is 5.49. The standard InChI is InChI=1S/C22H22FN5/c23-16-6-7-18-17(12-16)22-19(27-18)10-15(14-4-2-1-3-5-14)11-20(22)28-26-13-21-24-8-9-25-21/h1-7,12,15,26-27H,8-11,13H2,(H,24,25).